The van der Waals surface area contributed by atoms with Crippen LogP contribution < -0.4 is 4.90 Å². The van der Waals surface area contributed by atoms with Gasteiger partial charge in [0.2, 0.25) is 15.9 Å². The Morgan fingerprint density at radius 2 is 1.83 bits per heavy atom. The van der Waals surface area contributed by atoms with Gasteiger partial charge in [-0.15, -0.1) is 0 Å². The maximum absolute atomic E-state index is 12.5. The Morgan fingerprint density at radius 1 is 1.21 bits per heavy atom. The Kier molecular flexibility index (Phi) is 5.97. The molecule has 0 atom stereocenters. The molecule has 2 rings (SSSR count). The van der Waals surface area contributed by atoms with Gasteiger partial charge in [0.1, 0.15) is 5.82 Å². The Bertz CT molecular complexity index is 843. The third kappa shape index (κ3) is 4.13. The van der Waals surface area contributed by atoms with E-state index < -0.39 is 15.9 Å². The lowest BCUT2D eigenvalue weighted by atomic mass is 10.4. The molecule has 24 heavy (non-hydrogen) atoms. The fourth-order valence-electron chi connectivity index (χ4n) is 1.91. The molecule has 0 unspecified atom stereocenters. The van der Waals surface area contributed by atoms with Gasteiger partial charge in [-0.25, -0.2) is 13.4 Å². The van der Waals surface area contributed by atoms with Crippen LogP contribution in [0.15, 0.2) is 52.0 Å². The van der Waals surface area contributed by atoms with Crippen molar-refractivity contribution in [3.63, 3.8) is 0 Å². The van der Waals surface area contributed by atoms with Gasteiger partial charge in [0, 0.05) is 25.3 Å². The van der Waals surface area contributed by atoms with Gasteiger partial charge in [-0.1, -0.05) is 11.6 Å². The molecule has 0 bridgehead atoms. The van der Waals surface area contributed by atoms with Crippen LogP contribution in [0.2, 0.25) is 5.02 Å². The zero-order valence-electron chi connectivity index (χ0n) is 13.0. The van der Waals surface area contributed by atoms with Crippen molar-refractivity contribution in [1.29, 1.82) is 0 Å². The van der Waals surface area contributed by atoms with Gasteiger partial charge in [0.15, 0.2) is 0 Å². The second kappa shape index (κ2) is 7.60. The fraction of sp³-hybridized carbons (Fsp3) is 0.200. The minimum absolute atomic E-state index is 0.0730. The molecule has 2 aromatic rings. The largest absolute Gasteiger partial charge is 0.298 e. The van der Waals surface area contributed by atoms with Crippen LogP contribution in [0.25, 0.3) is 0 Å². The number of rotatable bonds is 5. The molecule has 6 nitrogen and oxygen atoms in total. The minimum Gasteiger partial charge on any atom is -0.298 e. The number of amides is 1. The van der Waals surface area contributed by atoms with E-state index in [2.05, 4.69) is 20.9 Å². The van der Waals surface area contributed by atoms with Crippen molar-refractivity contribution in [3.8, 4) is 0 Å². The first kappa shape index (κ1) is 18.9. The monoisotopic (exact) mass is 431 g/mol. The summed E-state index contributed by atoms with van der Waals surface area (Å²) in [4.78, 5) is 17.9. The highest BCUT2D eigenvalue weighted by Crippen LogP contribution is 2.22. The molecule has 0 spiro atoms. The predicted molar refractivity (Wildman–Crippen MR) is 96.6 cm³/mol. The number of likely N-dealkylation sites (N-methyl/N-ethyl adjacent to an activating group) is 2. The van der Waals surface area contributed by atoms with E-state index in [9.17, 15) is 13.2 Å². The second-order valence-corrected chi connectivity index (χ2v) is 8.31. The minimum atomic E-state index is -3.78. The average molecular weight is 433 g/mol. The van der Waals surface area contributed by atoms with Gasteiger partial charge >= 0.3 is 0 Å². The van der Waals surface area contributed by atoms with Crippen LogP contribution in [0.1, 0.15) is 0 Å². The number of hydrogen-bond donors (Lipinski definition) is 0. The summed E-state index contributed by atoms with van der Waals surface area (Å²) in [6.07, 6.45) is 1.55. The first-order valence-electron chi connectivity index (χ1n) is 6.82. The van der Waals surface area contributed by atoms with Crippen LogP contribution in [0.5, 0.6) is 0 Å². The van der Waals surface area contributed by atoms with E-state index in [-0.39, 0.29) is 11.4 Å². The van der Waals surface area contributed by atoms with Gasteiger partial charge in [-0.3, -0.25) is 9.69 Å². The highest BCUT2D eigenvalue weighted by Gasteiger charge is 2.25. The fourth-order valence-corrected chi connectivity index (χ4v) is 3.68. The number of benzene rings is 1. The molecule has 1 amide bonds. The maximum atomic E-state index is 12.5. The van der Waals surface area contributed by atoms with E-state index in [1.165, 1.54) is 43.3 Å². The van der Waals surface area contributed by atoms with Crippen LogP contribution in [0, 0.1) is 0 Å². The topological polar surface area (TPSA) is 70.6 Å². The molecule has 0 radical (unpaired) electrons. The van der Waals surface area contributed by atoms with Crippen LogP contribution in [-0.4, -0.2) is 44.3 Å². The first-order chi connectivity index (χ1) is 11.2. The summed E-state index contributed by atoms with van der Waals surface area (Å²) in [7, 11) is -0.891. The Hall–Kier alpha value is -1.48. The number of pyridine rings is 1. The maximum Gasteiger partial charge on any atom is 0.243 e. The quantitative estimate of drug-likeness (QED) is 0.728. The third-order valence-electron chi connectivity index (χ3n) is 3.31. The van der Waals surface area contributed by atoms with Crippen molar-refractivity contribution in [2.75, 3.05) is 25.5 Å². The molecule has 0 saturated carbocycles. The van der Waals surface area contributed by atoms with E-state index in [4.69, 9.17) is 11.6 Å². The molecule has 1 aromatic heterocycles. The molecule has 0 aliphatic rings. The summed E-state index contributed by atoms with van der Waals surface area (Å²) in [5, 5.41) is 0.437. The van der Waals surface area contributed by atoms with Gasteiger partial charge in [-0.2, -0.15) is 4.31 Å². The zero-order valence-corrected chi connectivity index (χ0v) is 16.1. The number of hydrogen-bond acceptors (Lipinski definition) is 4. The van der Waals surface area contributed by atoms with E-state index >= 15 is 0 Å². The zero-order chi connectivity index (χ0) is 17.9. The lowest BCUT2D eigenvalue weighted by Crippen LogP contribution is -2.39. The summed E-state index contributed by atoms with van der Waals surface area (Å²) in [6, 6.07) is 9.25. The highest BCUT2D eigenvalue weighted by atomic mass is 79.9. The normalized spacial score (nSPS) is 11.5. The van der Waals surface area contributed by atoms with Crippen LogP contribution in [0.4, 0.5) is 5.82 Å². The second-order valence-electron chi connectivity index (χ2n) is 4.98. The smallest absolute Gasteiger partial charge is 0.243 e. The summed E-state index contributed by atoms with van der Waals surface area (Å²) in [5.74, 6) is 0.00855. The van der Waals surface area contributed by atoms with Gasteiger partial charge in [0.25, 0.3) is 0 Å². The van der Waals surface area contributed by atoms with Crippen LogP contribution in [-0.2, 0) is 14.8 Å². The SMILES string of the molecule is CN(C(=O)CN(C)S(=O)(=O)c1ccc(Cl)cc1)c1ncccc1Br. The number of halogens is 2. The molecule has 0 N–H and O–H groups in total. The van der Waals surface area contributed by atoms with E-state index in [0.717, 1.165) is 4.31 Å². The molecule has 1 heterocycles. The van der Waals surface area contributed by atoms with Crippen molar-refractivity contribution >= 4 is 49.3 Å². The van der Waals surface area contributed by atoms with Crippen molar-refractivity contribution in [3.05, 3.63) is 52.1 Å². The number of carbonyl (C=O) groups is 1. The van der Waals surface area contributed by atoms with Crippen molar-refractivity contribution < 1.29 is 13.2 Å². The predicted octanol–water partition coefficient (Wildman–Crippen LogP) is 2.78. The molecule has 0 saturated heterocycles. The number of anilines is 1. The van der Waals surface area contributed by atoms with Crippen LogP contribution >= 0.6 is 27.5 Å². The number of sulfonamides is 1. The summed E-state index contributed by atoms with van der Waals surface area (Å²) < 4.78 is 26.6. The highest BCUT2D eigenvalue weighted by molar-refractivity contribution is 9.10. The molecular formula is C15H15BrClN3O3S. The molecule has 0 fully saturated rings. The molecule has 0 aliphatic carbocycles. The van der Waals surface area contributed by atoms with E-state index in [1.54, 1.807) is 18.3 Å². The Morgan fingerprint density at radius 3 is 2.42 bits per heavy atom. The number of aromatic nitrogens is 1. The van der Waals surface area contributed by atoms with Crippen molar-refractivity contribution in [2.24, 2.45) is 0 Å². The van der Waals surface area contributed by atoms with Gasteiger partial charge < -0.3 is 0 Å². The molecular weight excluding hydrogens is 418 g/mol. The summed E-state index contributed by atoms with van der Waals surface area (Å²) >= 11 is 9.08. The van der Waals surface area contributed by atoms with Crippen molar-refractivity contribution in [1.82, 2.24) is 9.29 Å². The Labute approximate surface area is 154 Å². The molecule has 9 heteroatoms. The van der Waals surface area contributed by atoms with E-state index in [0.29, 0.717) is 15.3 Å². The molecule has 0 aliphatic heterocycles. The lowest BCUT2D eigenvalue weighted by molar-refractivity contribution is -0.118. The number of carbonyl (C=O) groups excluding carboxylic acids is 1. The summed E-state index contributed by atoms with van der Waals surface area (Å²) in [6.45, 7) is -0.315. The molecule has 1 aromatic carbocycles. The summed E-state index contributed by atoms with van der Waals surface area (Å²) in [5.41, 5.74) is 0. The average Bonchev–Trinajstić information content (AvgIpc) is 2.55. The molecule has 128 valence electrons. The lowest BCUT2D eigenvalue weighted by Gasteiger charge is -2.22. The van der Waals surface area contributed by atoms with Gasteiger partial charge in [0.05, 0.1) is 15.9 Å². The third-order valence-corrected chi connectivity index (χ3v) is 6.00. The first-order valence-corrected chi connectivity index (χ1v) is 9.43. The van der Waals surface area contributed by atoms with Gasteiger partial charge in [-0.05, 0) is 52.3 Å². The number of nitrogens with zero attached hydrogens (tertiary/aromatic N) is 3. The van der Waals surface area contributed by atoms with E-state index in [1.807, 2.05) is 0 Å². The van der Waals surface area contributed by atoms with Crippen molar-refractivity contribution in [2.45, 2.75) is 4.90 Å². The standard InChI is InChI=1S/C15H15BrClN3O3S/c1-19(24(22,23)12-7-5-11(17)6-8-12)10-14(21)20(2)15-13(16)4-3-9-18-15/h3-9H,10H2,1-2H3. The Balaban J connectivity index is 2.16. The van der Waals surface area contributed by atoms with Crippen LogP contribution in [0.3, 0.4) is 0 Å².